The van der Waals surface area contributed by atoms with E-state index in [0.717, 1.165) is 52.1 Å². The van der Waals surface area contributed by atoms with E-state index in [0.29, 0.717) is 6.42 Å². The first-order valence-corrected chi connectivity index (χ1v) is 9.96. The van der Waals surface area contributed by atoms with Gasteiger partial charge in [0.05, 0.1) is 12.6 Å². The van der Waals surface area contributed by atoms with E-state index in [2.05, 4.69) is 11.1 Å². The van der Waals surface area contributed by atoms with Gasteiger partial charge in [-0.15, -0.1) is 0 Å². The molecular formula is C22H21N3O4. The highest BCUT2D eigenvalue weighted by atomic mass is 16.7. The predicted molar refractivity (Wildman–Crippen MR) is 104 cm³/mol. The number of hydrogen-bond donors (Lipinski definition) is 1. The average molecular weight is 391 g/mol. The number of carbonyl (C=O) groups excluding carboxylic acids is 2. The van der Waals surface area contributed by atoms with E-state index in [4.69, 9.17) is 9.47 Å². The van der Waals surface area contributed by atoms with Gasteiger partial charge in [-0.25, -0.2) is 0 Å². The van der Waals surface area contributed by atoms with E-state index in [1.807, 2.05) is 24.3 Å². The number of ether oxygens (including phenoxy) is 2. The zero-order chi connectivity index (χ0) is 19.7. The molecule has 0 unspecified atom stereocenters. The Bertz CT molecular complexity index is 1130. The van der Waals surface area contributed by atoms with Crippen LogP contribution in [-0.2, 0) is 25.5 Å². The van der Waals surface area contributed by atoms with Crippen molar-refractivity contribution in [2.75, 3.05) is 20.4 Å². The number of nitrogens with zero attached hydrogens (tertiary/aromatic N) is 2. The standard InChI is InChI=1S/C22H21N3O4/c1-24-10-19(26)25-16(22(24)27)9-14-13-4-2-3-5-15(13)23-20(14)21(25)12-6-7-17-18(8-12)29-11-28-17/h2-5,8,16,21,23H,6-7,9-11H2,1H3/t16-,21-/m1/s1. The van der Waals surface area contributed by atoms with Crippen molar-refractivity contribution in [3.63, 3.8) is 0 Å². The van der Waals surface area contributed by atoms with E-state index in [-0.39, 0.29) is 31.2 Å². The van der Waals surface area contributed by atoms with Crippen molar-refractivity contribution in [1.82, 2.24) is 14.8 Å². The fourth-order valence-electron chi connectivity index (χ4n) is 5.14. The summed E-state index contributed by atoms with van der Waals surface area (Å²) in [4.78, 5) is 33.0. The van der Waals surface area contributed by atoms with Gasteiger partial charge in [0.15, 0.2) is 5.76 Å². The van der Waals surface area contributed by atoms with Crippen molar-refractivity contribution in [3.05, 3.63) is 58.7 Å². The third-order valence-electron chi connectivity index (χ3n) is 6.48. The Hall–Kier alpha value is -3.22. The maximum atomic E-state index is 13.1. The summed E-state index contributed by atoms with van der Waals surface area (Å²) >= 11 is 0. The molecule has 148 valence electrons. The summed E-state index contributed by atoms with van der Waals surface area (Å²) in [5.74, 6) is 1.61. The quantitative estimate of drug-likeness (QED) is 0.810. The molecule has 1 aliphatic carbocycles. The lowest BCUT2D eigenvalue weighted by Gasteiger charge is -2.47. The zero-order valence-corrected chi connectivity index (χ0v) is 16.1. The summed E-state index contributed by atoms with van der Waals surface area (Å²) in [5.41, 5.74) is 4.26. The second-order valence-corrected chi connectivity index (χ2v) is 8.09. The Morgan fingerprint density at radius 2 is 2.00 bits per heavy atom. The summed E-state index contributed by atoms with van der Waals surface area (Å²) in [6.07, 6.45) is 4.05. The van der Waals surface area contributed by atoms with Crippen molar-refractivity contribution < 1.29 is 19.1 Å². The fourth-order valence-corrected chi connectivity index (χ4v) is 5.14. The summed E-state index contributed by atoms with van der Waals surface area (Å²) in [7, 11) is 1.71. The van der Waals surface area contributed by atoms with Crippen LogP contribution in [0.1, 0.15) is 30.1 Å². The number of aromatic nitrogens is 1. The molecule has 0 saturated carbocycles. The number of fused-ring (bicyclic) bond motifs is 4. The van der Waals surface area contributed by atoms with Gasteiger partial charge in [0.1, 0.15) is 11.8 Å². The largest absolute Gasteiger partial charge is 0.458 e. The average Bonchev–Trinajstić information content (AvgIpc) is 3.34. The van der Waals surface area contributed by atoms with Crippen LogP contribution in [0.25, 0.3) is 10.9 Å². The van der Waals surface area contributed by atoms with Crippen LogP contribution in [0.5, 0.6) is 0 Å². The first kappa shape index (κ1) is 16.7. The topological polar surface area (TPSA) is 74.9 Å². The van der Waals surface area contributed by atoms with E-state index < -0.39 is 6.04 Å². The van der Waals surface area contributed by atoms with Gasteiger partial charge in [0.2, 0.25) is 18.6 Å². The molecule has 6 rings (SSSR count). The van der Waals surface area contributed by atoms with Gasteiger partial charge in [-0.3, -0.25) is 9.59 Å². The van der Waals surface area contributed by atoms with Crippen LogP contribution < -0.4 is 0 Å². The number of amides is 2. The number of carbonyl (C=O) groups is 2. The van der Waals surface area contributed by atoms with E-state index in [1.165, 1.54) is 0 Å². The number of rotatable bonds is 1. The van der Waals surface area contributed by atoms with Gasteiger partial charge in [0.25, 0.3) is 0 Å². The Kier molecular flexibility index (Phi) is 3.39. The van der Waals surface area contributed by atoms with Gasteiger partial charge < -0.3 is 24.3 Å². The summed E-state index contributed by atoms with van der Waals surface area (Å²) in [6.45, 7) is 0.355. The molecule has 0 spiro atoms. The Labute approximate surface area is 167 Å². The van der Waals surface area contributed by atoms with Crippen molar-refractivity contribution >= 4 is 22.7 Å². The number of benzene rings is 1. The molecule has 7 nitrogen and oxygen atoms in total. The van der Waals surface area contributed by atoms with Crippen molar-refractivity contribution in [3.8, 4) is 0 Å². The minimum atomic E-state index is -0.477. The molecule has 4 heterocycles. The number of H-pyrrole nitrogens is 1. The molecule has 0 radical (unpaired) electrons. The van der Waals surface area contributed by atoms with Crippen molar-refractivity contribution in [1.29, 1.82) is 0 Å². The molecule has 2 amide bonds. The van der Waals surface area contributed by atoms with Gasteiger partial charge in [-0.2, -0.15) is 0 Å². The summed E-state index contributed by atoms with van der Waals surface area (Å²) in [5, 5.41) is 1.12. The normalized spacial score (nSPS) is 26.0. The van der Waals surface area contributed by atoms with E-state index in [9.17, 15) is 9.59 Å². The lowest BCUT2D eigenvalue weighted by Crippen LogP contribution is -2.62. The molecule has 1 fully saturated rings. The molecule has 1 saturated heterocycles. The van der Waals surface area contributed by atoms with Gasteiger partial charge in [0, 0.05) is 36.5 Å². The minimum Gasteiger partial charge on any atom is -0.458 e. The van der Waals surface area contributed by atoms with Gasteiger partial charge >= 0.3 is 0 Å². The molecular weight excluding hydrogens is 370 g/mol. The van der Waals surface area contributed by atoms with E-state index >= 15 is 0 Å². The van der Waals surface area contributed by atoms with Crippen LogP contribution in [0, 0.1) is 0 Å². The zero-order valence-electron chi connectivity index (χ0n) is 16.1. The lowest BCUT2D eigenvalue weighted by molar-refractivity contribution is -0.157. The minimum absolute atomic E-state index is 0.00212. The molecule has 3 aliphatic heterocycles. The molecule has 2 atom stereocenters. The first-order chi connectivity index (χ1) is 14.1. The molecule has 0 bridgehead atoms. The second-order valence-electron chi connectivity index (χ2n) is 8.09. The third-order valence-corrected chi connectivity index (χ3v) is 6.48. The SMILES string of the molecule is CN1CC(=O)N2[C@H](Cc3c([nH]c4ccccc34)[C@H]2C2=CC3=C(CC2)OCO3)C1=O. The van der Waals surface area contributed by atoms with Crippen molar-refractivity contribution in [2.24, 2.45) is 0 Å². The molecule has 4 aliphatic rings. The fraction of sp³-hybridized carbons (Fsp3) is 0.364. The number of para-hydroxylation sites is 1. The van der Waals surface area contributed by atoms with Crippen LogP contribution in [0.15, 0.2) is 47.4 Å². The number of nitrogens with one attached hydrogen (secondary N) is 1. The first-order valence-electron chi connectivity index (χ1n) is 9.96. The van der Waals surface area contributed by atoms with Gasteiger partial charge in [-0.1, -0.05) is 18.2 Å². The number of piperazine rings is 1. The third kappa shape index (κ3) is 2.30. The highest BCUT2D eigenvalue weighted by molar-refractivity contribution is 5.97. The van der Waals surface area contributed by atoms with Crippen LogP contribution in [-0.4, -0.2) is 53.0 Å². The van der Waals surface area contributed by atoms with Crippen LogP contribution in [0.4, 0.5) is 0 Å². The maximum Gasteiger partial charge on any atom is 0.245 e. The number of allylic oxidation sites excluding steroid dienone is 2. The Morgan fingerprint density at radius 3 is 2.90 bits per heavy atom. The van der Waals surface area contributed by atoms with Crippen LogP contribution in [0.3, 0.4) is 0 Å². The number of aromatic amines is 1. The summed E-state index contributed by atoms with van der Waals surface area (Å²) in [6, 6.07) is 7.37. The predicted octanol–water partition coefficient (Wildman–Crippen LogP) is 2.37. The number of likely N-dealkylation sites (N-methyl/N-ethyl adjacent to an activating group) is 1. The molecule has 29 heavy (non-hydrogen) atoms. The second kappa shape index (κ2) is 5.89. The number of hydrogen-bond acceptors (Lipinski definition) is 4. The maximum absolute atomic E-state index is 13.1. The molecule has 2 aromatic rings. The van der Waals surface area contributed by atoms with Crippen LogP contribution in [0.2, 0.25) is 0 Å². The van der Waals surface area contributed by atoms with Gasteiger partial charge in [-0.05, 0) is 29.7 Å². The molecule has 1 aromatic carbocycles. The molecule has 7 heteroatoms. The highest BCUT2D eigenvalue weighted by Gasteiger charge is 2.48. The van der Waals surface area contributed by atoms with Crippen LogP contribution >= 0.6 is 0 Å². The van der Waals surface area contributed by atoms with E-state index in [1.54, 1.807) is 16.8 Å². The summed E-state index contributed by atoms with van der Waals surface area (Å²) < 4.78 is 11.2. The van der Waals surface area contributed by atoms with Crippen molar-refractivity contribution in [2.45, 2.75) is 31.3 Å². The Morgan fingerprint density at radius 1 is 1.14 bits per heavy atom. The lowest BCUT2D eigenvalue weighted by atomic mass is 9.83. The highest BCUT2D eigenvalue weighted by Crippen LogP contribution is 2.45. The molecule has 1 N–H and O–H groups in total. The monoisotopic (exact) mass is 391 g/mol. The smallest absolute Gasteiger partial charge is 0.245 e. The molecule has 1 aromatic heterocycles. The Balaban J connectivity index is 1.56.